The first-order valence-electron chi connectivity index (χ1n) is 16.8. The molecule has 0 aliphatic heterocycles. The van der Waals surface area contributed by atoms with E-state index in [1.807, 2.05) is 18.3 Å². The van der Waals surface area contributed by atoms with Gasteiger partial charge in [0, 0.05) is 43.8 Å². The lowest BCUT2D eigenvalue weighted by Crippen LogP contribution is -1.96. The zero-order chi connectivity index (χ0) is 33.0. The van der Waals surface area contributed by atoms with E-state index in [0.29, 0.717) is 0 Å². The molecule has 0 amide bonds. The summed E-state index contributed by atoms with van der Waals surface area (Å²) in [5.74, 6) is 0. The van der Waals surface area contributed by atoms with E-state index in [2.05, 4.69) is 152 Å². The van der Waals surface area contributed by atoms with E-state index in [-0.39, 0.29) is 0 Å². The van der Waals surface area contributed by atoms with Crippen LogP contribution in [0.5, 0.6) is 0 Å². The van der Waals surface area contributed by atoms with Crippen molar-refractivity contribution in [3.63, 3.8) is 0 Å². The van der Waals surface area contributed by atoms with Crippen LogP contribution in [0.15, 0.2) is 170 Å². The molecule has 6 aromatic carbocycles. The Morgan fingerprint density at radius 2 is 0.980 bits per heavy atom. The first-order chi connectivity index (χ1) is 24.8. The lowest BCUT2D eigenvalue weighted by molar-refractivity contribution is 1.31. The van der Waals surface area contributed by atoms with Crippen molar-refractivity contribution in [2.45, 2.75) is 0 Å². The molecule has 0 fully saturated rings. The van der Waals surface area contributed by atoms with Crippen molar-refractivity contribution in [3.8, 4) is 45.0 Å². The predicted octanol–water partition coefficient (Wildman–Crippen LogP) is 11.7. The molecule has 4 heteroatoms. The van der Waals surface area contributed by atoms with Gasteiger partial charge >= 0.3 is 0 Å². The van der Waals surface area contributed by atoms with Crippen LogP contribution >= 0.6 is 0 Å². The Labute approximate surface area is 288 Å². The fourth-order valence-corrected chi connectivity index (χ4v) is 7.20. The number of aromatic nitrogens is 4. The lowest BCUT2D eigenvalue weighted by Gasteiger charge is -2.15. The van der Waals surface area contributed by atoms with Gasteiger partial charge in [0.2, 0.25) is 0 Å². The maximum atomic E-state index is 5.36. The van der Waals surface area contributed by atoms with Gasteiger partial charge in [0.05, 0.1) is 45.5 Å². The Hall–Kier alpha value is -6.78. The van der Waals surface area contributed by atoms with E-state index in [0.717, 1.165) is 88.5 Å². The van der Waals surface area contributed by atoms with Gasteiger partial charge in [-0.25, -0.2) is 15.0 Å². The monoisotopic (exact) mass is 636 g/mol. The fraction of sp³-hybridized carbons (Fsp3) is 0. The minimum absolute atomic E-state index is 0.843. The van der Waals surface area contributed by atoms with Crippen molar-refractivity contribution in [2.75, 3.05) is 0 Å². The molecule has 4 nitrogen and oxygen atoms in total. The minimum Gasteiger partial charge on any atom is -0.252 e. The average Bonchev–Trinajstić information content (AvgIpc) is 3.20. The Kier molecular flexibility index (Phi) is 6.46. The van der Waals surface area contributed by atoms with Gasteiger partial charge in [-0.2, -0.15) is 0 Å². The molecule has 0 bridgehead atoms. The van der Waals surface area contributed by atoms with Gasteiger partial charge in [0.1, 0.15) is 0 Å². The SMILES string of the molecule is c1ccc(-c2cc(-c3nc4cnc5c(ccc6ccc(-c7ccc8ccccc8c7)nc65)c4c4ccccc34)cc(-c3ccccc3)n2)cc1. The van der Waals surface area contributed by atoms with Crippen LogP contribution in [0, 0.1) is 0 Å². The third kappa shape index (κ3) is 4.69. The van der Waals surface area contributed by atoms with Crippen molar-refractivity contribution in [2.24, 2.45) is 0 Å². The smallest absolute Gasteiger partial charge is 0.0972 e. The van der Waals surface area contributed by atoms with Crippen molar-refractivity contribution >= 4 is 54.3 Å². The van der Waals surface area contributed by atoms with Crippen LogP contribution in [0.3, 0.4) is 0 Å². The molecule has 0 radical (unpaired) electrons. The molecule has 0 aliphatic carbocycles. The largest absolute Gasteiger partial charge is 0.252 e. The molecule has 0 saturated heterocycles. The molecule has 4 aromatic heterocycles. The normalized spacial score (nSPS) is 11.6. The van der Waals surface area contributed by atoms with Gasteiger partial charge in [-0.1, -0.05) is 140 Å². The summed E-state index contributed by atoms with van der Waals surface area (Å²) in [5, 5.41) is 7.80. The number of nitrogens with zero attached hydrogens (tertiary/aromatic N) is 4. The van der Waals surface area contributed by atoms with Crippen LogP contribution in [0.1, 0.15) is 0 Å². The summed E-state index contributed by atoms with van der Waals surface area (Å²) in [4.78, 5) is 20.7. The van der Waals surface area contributed by atoms with Crippen LogP contribution in [-0.4, -0.2) is 19.9 Å². The van der Waals surface area contributed by atoms with E-state index >= 15 is 0 Å². The topological polar surface area (TPSA) is 51.6 Å². The van der Waals surface area contributed by atoms with Gasteiger partial charge in [-0.05, 0) is 40.4 Å². The zero-order valence-corrected chi connectivity index (χ0v) is 27.0. The van der Waals surface area contributed by atoms with Gasteiger partial charge in [0.25, 0.3) is 0 Å². The molecule has 10 aromatic rings. The highest BCUT2D eigenvalue weighted by Gasteiger charge is 2.17. The molecule has 0 unspecified atom stereocenters. The standard InChI is InChI=1S/C46H28N4/c1-3-12-30(13-4-1)40-26-35(27-41(48-40)31-14-5-2-6-15-31)44-37-18-10-9-17-36(37)43-38-23-21-32-22-24-39(49-45(32)46(38)47-28-42(43)50-44)34-20-19-29-11-7-8-16-33(29)25-34/h1-28H. The molecule has 4 heterocycles. The van der Waals surface area contributed by atoms with Gasteiger partial charge in [0.15, 0.2) is 0 Å². The number of benzene rings is 6. The maximum absolute atomic E-state index is 5.36. The minimum atomic E-state index is 0.843. The summed E-state index contributed by atoms with van der Waals surface area (Å²) < 4.78 is 0. The lowest BCUT2D eigenvalue weighted by atomic mass is 9.96. The summed E-state index contributed by atoms with van der Waals surface area (Å²) in [5.41, 5.74) is 10.5. The third-order valence-corrected chi connectivity index (χ3v) is 9.64. The summed E-state index contributed by atoms with van der Waals surface area (Å²) in [6.45, 7) is 0. The van der Waals surface area contributed by atoms with Crippen molar-refractivity contribution < 1.29 is 0 Å². The van der Waals surface area contributed by atoms with E-state index in [4.69, 9.17) is 19.9 Å². The van der Waals surface area contributed by atoms with Gasteiger partial charge in [-0.15, -0.1) is 0 Å². The van der Waals surface area contributed by atoms with E-state index in [9.17, 15) is 0 Å². The molecular formula is C46H28N4. The van der Waals surface area contributed by atoms with Crippen LogP contribution in [0.25, 0.3) is 99.3 Å². The Balaban J connectivity index is 1.20. The van der Waals surface area contributed by atoms with Crippen LogP contribution in [-0.2, 0) is 0 Å². The second-order valence-corrected chi connectivity index (χ2v) is 12.7. The number of hydrogen-bond acceptors (Lipinski definition) is 4. The highest BCUT2D eigenvalue weighted by molar-refractivity contribution is 6.23. The summed E-state index contributed by atoms with van der Waals surface area (Å²) in [6, 6.07) is 57.1. The van der Waals surface area contributed by atoms with Crippen molar-refractivity contribution in [1.82, 2.24) is 19.9 Å². The number of pyridine rings is 4. The quantitative estimate of drug-likeness (QED) is 0.180. The van der Waals surface area contributed by atoms with Crippen LogP contribution in [0.4, 0.5) is 0 Å². The molecule has 232 valence electrons. The maximum Gasteiger partial charge on any atom is 0.0972 e. The Morgan fingerprint density at radius 3 is 1.74 bits per heavy atom. The number of fused-ring (bicyclic) bond motifs is 8. The van der Waals surface area contributed by atoms with E-state index < -0.39 is 0 Å². The number of rotatable bonds is 4. The zero-order valence-electron chi connectivity index (χ0n) is 27.0. The van der Waals surface area contributed by atoms with Gasteiger partial charge in [-0.3, -0.25) is 4.98 Å². The molecule has 10 rings (SSSR count). The number of hydrogen-bond donors (Lipinski definition) is 0. The summed E-state index contributed by atoms with van der Waals surface area (Å²) in [6.07, 6.45) is 1.91. The summed E-state index contributed by atoms with van der Waals surface area (Å²) >= 11 is 0. The molecular weight excluding hydrogens is 609 g/mol. The first kappa shape index (κ1) is 28.3. The molecule has 50 heavy (non-hydrogen) atoms. The van der Waals surface area contributed by atoms with E-state index in [1.54, 1.807) is 0 Å². The predicted molar refractivity (Wildman–Crippen MR) is 207 cm³/mol. The summed E-state index contributed by atoms with van der Waals surface area (Å²) in [7, 11) is 0. The van der Waals surface area contributed by atoms with Crippen LogP contribution in [0.2, 0.25) is 0 Å². The average molecular weight is 637 g/mol. The molecule has 0 spiro atoms. The van der Waals surface area contributed by atoms with Gasteiger partial charge < -0.3 is 0 Å². The third-order valence-electron chi connectivity index (χ3n) is 9.64. The highest BCUT2D eigenvalue weighted by Crippen LogP contribution is 2.39. The molecule has 0 atom stereocenters. The molecule has 0 saturated carbocycles. The molecule has 0 aliphatic rings. The molecule has 0 N–H and O–H groups in total. The fourth-order valence-electron chi connectivity index (χ4n) is 7.20. The van der Waals surface area contributed by atoms with E-state index in [1.165, 1.54) is 10.8 Å². The first-order valence-corrected chi connectivity index (χ1v) is 16.8. The van der Waals surface area contributed by atoms with Crippen molar-refractivity contribution in [3.05, 3.63) is 170 Å². The highest BCUT2D eigenvalue weighted by atomic mass is 14.8. The second-order valence-electron chi connectivity index (χ2n) is 12.7. The second kappa shape index (κ2) is 11.4. The van der Waals surface area contributed by atoms with Crippen LogP contribution < -0.4 is 0 Å². The Morgan fingerprint density at radius 1 is 0.340 bits per heavy atom. The van der Waals surface area contributed by atoms with Crippen molar-refractivity contribution in [1.29, 1.82) is 0 Å². The Bertz CT molecular complexity index is 2860.